The van der Waals surface area contributed by atoms with E-state index in [1.54, 1.807) is 0 Å². The van der Waals surface area contributed by atoms with E-state index < -0.39 is 5.97 Å². The highest BCUT2D eigenvalue weighted by Crippen LogP contribution is 2.32. The lowest BCUT2D eigenvalue weighted by Gasteiger charge is -2.22. The van der Waals surface area contributed by atoms with Crippen molar-refractivity contribution in [2.45, 2.75) is 53.9 Å². The number of carbonyl (C=O) groups is 1. The molecule has 0 heterocycles. The molecular weight excluding hydrogens is 224 g/mol. The third kappa shape index (κ3) is 2.92. The fourth-order valence-electron chi connectivity index (χ4n) is 2.58. The third-order valence-corrected chi connectivity index (χ3v) is 3.78. The predicted molar refractivity (Wildman–Crippen MR) is 75.2 cm³/mol. The molecule has 2 nitrogen and oxygen atoms in total. The highest BCUT2D eigenvalue weighted by molar-refractivity contribution is 5.77. The average molecular weight is 248 g/mol. The molecule has 0 spiro atoms. The molecule has 0 bridgehead atoms. The van der Waals surface area contributed by atoms with E-state index in [9.17, 15) is 9.90 Å². The van der Waals surface area contributed by atoms with Crippen molar-refractivity contribution in [2.24, 2.45) is 5.92 Å². The summed E-state index contributed by atoms with van der Waals surface area (Å²) in [6.45, 7) is 12.3. The van der Waals surface area contributed by atoms with Gasteiger partial charge in [0, 0.05) is 0 Å². The van der Waals surface area contributed by atoms with Crippen LogP contribution in [0.3, 0.4) is 0 Å². The molecule has 0 saturated heterocycles. The number of benzene rings is 1. The van der Waals surface area contributed by atoms with E-state index in [4.69, 9.17) is 0 Å². The largest absolute Gasteiger partial charge is 0.481 e. The molecule has 0 amide bonds. The van der Waals surface area contributed by atoms with Crippen molar-refractivity contribution < 1.29 is 9.90 Å². The first-order chi connectivity index (χ1) is 8.25. The van der Waals surface area contributed by atoms with Crippen LogP contribution in [0.5, 0.6) is 0 Å². The second kappa shape index (κ2) is 5.55. The van der Waals surface area contributed by atoms with Gasteiger partial charge in [0.25, 0.3) is 0 Å². The van der Waals surface area contributed by atoms with Crippen LogP contribution in [0, 0.1) is 33.6 Å². The van der Waals surface area contributed by atoms with Gasteiger partial charge in [-0.2, -0.15) is 0 Å². The molecular formula is C16H24O2. The Labute approximate surface area is 110 Å². The average Bonchev–Trinajstić information content (AvgIpc) is 2.24. The monoisotopic (exact) mass is 248 g/mol. The lowest BCUT2D eigenvalue weighted by Crippen LogP contribution is -2.17. The first-order valence-corrected chi connectivity index (χ1v) is 6.55. The highest BCUT2D eigenvalue weighted by atomic mass is 16.4. The van der Waals surface area contributed by atoms with Crippen LogP contribution in [0.4, 0.5) is 0 Å². The summed E-state index contributed by atoms with van der Waals surface area (Å²) in [4.78, 5) is 11.6. The van der Waals surface area contributed by atoms with Gasteiger partial charge in [0.05, 0.1) is 5.92 Å². The first kappa shape index (κ1) is 14.7. The maximum absolute atomic E-state index is 11.6. The molecule has 0 fully saturated rings. The Bertz CT molecular complexity index is 432. The summed E-state index contributed by atoms with van der Waals surface area (Å²) >= 11 is 0. The Morgan fingerprint density at radius 3 is 1.89 bits per heavy atom. The van der Waals surface area contributed by atoms with E-state index in [2.05, 4.69) is 33.8 Å². The number of carboxylic acid groups (broad SMARTS) is 1. The molecule has 18 heavy (non-hydrogen) atoms. The number of carboxylic acids is 1. The summed E-state index contributed by atoms with van der Waals surface area (Å²) in [7, 11) is 0. The number of aliphatic carboxylic acids is 1. The number of hydrogen-bond acceptors (Lipinski definition) is 1. The van der Waals surface area contributed by atoms with Gasteiger partial charge in [-0.1, -0.05) is 19.9 Å². The smallest absolute Gasteiger partial charge is 0.311 e. The van der Waals surface area contributed by atoms with Crippen LogP contribution in [0.1, 0.15) is 54.0 Å². The first-order valence-electron chi connectivity index (χ1n) is 6.55. The Morgan fingerprint density at radius 1 is 1.11 bits per heavy atom. The van der Waals surface area contributed by atoms with Crippen LogP contribution in [-0.2, 0) is 4.79 Å². The third-order valence-electron chi connectivity index (χ3n) is 3.78. The Morgan fingerprint density at radius 2 is 1.56 bits per heavy atom. The Kier molecular flexibility index (Phi) is 4.55. The van der Waals surface area contributed by atoms with Gasteiger partial charge in [-0.15, -0.1) is 0 Å². The summed E-state index contributed by atoms with van der Waals surface area (Å²) in [5, 5.41) is 9.51. The van der Waals surface area contributed by atoms with E-state index in [1.807, 2.05) is 13.8 Å². The van der Waals surface area contributed by atoms with Crippen LogP contribution in [-0.4, -0.2) is 11.1 Å². The summed E-state index contributed by atoms with van der Waals surface area (Å²) in [6.07, 6.45) is 0.694. The second-order valence-electron chi connectivity index (χ2n) is 5.69. The zero-order chi connectivity index (χ0) is 14.0. The van der Waals surface area contributed by atoms with Gasteiger partial charge in [0.15, 0.2) is 0 Å². The Hall–Kier alpha value is -1.31. The highest BCUT2D eigenvalue weighted by Gasteiger charge is 2.25. The molecule has 0 radical (unpaired) electrons. The molecule has 1 atom stereocenters. The molecule has 1 N–H and O–H groups in total. The van der Waals surface area contributed by atoms with Crippen LogP contribution in [0.2, 0.25) is 0 Å². The maximum Gasteiger partial charge on any atom is 0.311 e. The lowest BCUT2D eigenvalue weighted by atomic mass is 9.82. The SMILES string of the molecule is Cc1cc(C)c(C)c(C(CC(C)C)C(=O)O)c1C. The van der Waals surface area contributed by atoms with Gasteiger partial charge in [-0.25, -0.2) is 0 Å². The molecule has 0 aliphatic carbocycles. The van der Waals surface area contributed by atoms with Crippen molar-refractivity contribution in [1.82, 2.24) is 0 Å². The van der Waals surface area contributed by atoms with Crippen LogP contribution in [0.25, 0.3) is 0 Å². The molecule has 1 aromatic rings. The fraction of sp³-hybridized carbons (Fsp3) is 0.562. The van der Waals surface area contributed by atoms with Crippen molar-refractivity contribution in [1.29, 1.82) is 0 Å². The zero-order valence-electron chi connectivity index (χ0n) is 12.3. The van der Waals surface area contributed by atoms with Crippen molar-refractivity contribution in [2.75, 3.05) is 0 Å². The number of rotatable bonds is 4. The van der Waals surface area contributed by atoms with Gasteiger partial charge in [0.1, 0.15) is 0 Å². The number of aryl methyl sites for hydroxylation is 2. The van der Waals surface area contributed by atoms with Crippen LogP contribution in [0.15, 0.2) is 6.07 Å². The maximum atomic E-state index is 11.6. The minimum absolute atomic E-state index is 0.380. The minimum Gasteiger partial charge on any atom is -0.481 e. The Balaban J connectivity index is 3.40. The van der Waals surface area contributed by atoms with E-state index in [0.717, 1.165) is 16.7 Å². The van der Waals surface area contributed by atoms with Crippen molar-refractivity contribution in [3.05, 3.63) is 33.9 Å². The van der Waals surface area contributed by atoms with Gasteiger partial charge in [-0.3, -0.25) is 4.79 Å². The van der Waals surface area contributed by atoms with Gasteiger partial charge < -0.3 is 5.11 Å². The summed E-state index contributed by atoms with van der Waals surface area (Å²) < 4.78 is 0. The van der Waals surface area contributed by atoms with Crippen molar-refractivity contribution in [3.8, 4) is 0 Å². The topological polar surface area (TPSA) is 37.3 Å². The molecule has 2 heteroatoms. The second-order valence-corrected chi connectivity index (χ2v) is 5.69. The molecule has 1 unspecified atom stereocenters. The summed E-state index contributed by atoms with van der Waals surface area (Å²) in [6, 6.07) is 2.14. The van der Waals surface area contributed by atoms with E-state index in [-0.39, 0.29) is 5.92 Å². The van der Waals surface area contributed by atoms with E-state index >= 15 is 0 Å². The lowest BCUT2D eigenvalue weighted by molar-refractivity contribution is -0.139. The van der Waals surface area contributed by atoms with E-state index in [0.29, 0.717) is 12.3 Å². The number of hydrogen-bond donors (Lipinski definition) is 1. The van der Waals surface area contributed by atoms with Crippen molar-refractivity contribution >= 4 is 5.97 Å². The fourth-order valence-corrected chi connectivity index (χ4v) is 2.58. The van der Waals surface area contributed by atoms with Crippen LogP contribution < -0.4 is 0 Å². The predicted octanol–water partition coefficient (Wildman–Crippen LogP) is 4.13. The summed E-state index contributed by atoms with van der Waals surface area (Å²) in [5.74, 6) is -0.714. The normalized spacial score (nSPS) is 12.8. The van der Waals surface area contributed by atoms with Gasteiger partial charge >= 0.3 is 5.97 Å². The van der Waals surface area contributed by atoms with Crippen molar-refractivity contribution in [3.63, 3.8) is 0 Å². The zero-order valence-corrected chi connectivity index (χ0v) is 12.3. The minimum atomic E-state index is -0.708. The standard InChI is InChI=1S/C16H24O2/c1-9(2)7-14(16(17)18)15-12(5)10(3)8-11(4)13(15)6/h8-9,14H,7H2,1-6H3,(H,17,18). The van der Waals surface area contributed by atoms with Gasteiger partial charge in [-0.05, 0) is 67.9 Å². The molecule has 0 aromatic heterocycles. The van der Waals surface area contributed by atoms with Crippen LogP contribution >= 0.6 is 0 Å². The molecule has 0 aliphatic rings. The molecule has 1 aromatic carbocycles. The molecule has 1 rings (SSSR count). The van der Waals surface area contributed by atoms with Gasteiger partial charge in [0.2, 0.25) is 0 Å². The molecule has 0 aliphatic heterocycles. The summed E-state index contributed by atoms with van der Waals surface area (Å²) in [5.41, 5.74) is 5.65. The molecule has 100 valence electrons. The quantitative estimate of drug-likeness (QED) is 0.869. The molecule has 0 saturated carbocycles. The van der Waals surface area contributed by atoms with E-state index in [1.165, 1.54) is 11.1 Å².